The molecule has 0 spiro atoms. The summed E-state index contributed by atoms with van der Waals surface area (Å²) in [5.74, 6) is 1.21. The molecule has 2 unspecified atom stereocenters. The number of nitrogens with one attached hydrogen (secondary N) is 1. The molecule has 0 radical (unpaired) electrons. The lowest BCUT2D eigenvalue weighted by atomic mass is 9.97. The average Bonchev–Trinajstić information content (AvgIpc) is 2.20. The number of aromatic nitrogens is 2. The van der Waals surface area contributed by atoms with Gasteiger partial charge in [0.1, 0.15) is 10.3 Å². The highest BCUT2D eigenvalue weighted by Crippen LogP contribution is 2.24. The summed E-state index contributed by atoms with van der Waals surface area (Å²) in [6, 6.07) is 0.150. The first-order valence-corrected chi connectivity index (χ1v) is 6.11. The molecule has 88 valence electrons. The van der Waals surface area contributed by atoms with Crippen LogP contribution in [-0.2, 0) is 0 Å². The van der Waals surface area contributed by atoms with Crippen LogP contribution in [0.3, 0.4) is 0 Å². The highest BCUT2D eigenvalue weighted by atomic mass is 79.9. The largest absolute Gasteiger partial charge is 0.354 e. The molecule has 0 saturated carbocycles. The molecule has 1 saturated heterocycles. The van der Waals surface area contributed by atoms with Gasteiger partial charge in [0.15, 0.2) is 0 Å². The van der Waals surface area contributed by atoms with E-state index in [1.54, 1.807) is 0 Å². The second-order valence-corrected chi connectivity index (χ2v) is 5.17. The van der Waals surface area contributed by atoms with Crippen molar-refractivity contribution >= 4 is 21.7 Å². The third kappa shape index (κ3) is 2.27. The topological polar surface area (TPSA) is 75.0 Å². The van der Waals surface area contributed by atoms with Gasteiger partial charge >= 0.3 is 0 Å². The molecule has 16 heavy (non-hydrogen) atoms. The van der Waals surface area contributed by atoms with Crippen molar-refractivity contribution in [1.29, 1.82) is 0 Å². The first kappa shape index (κ1) is 11.6. The Hall–Kier alpha value is -0.880. The van der Waals surface area contributed by atoms with Crippen LogP contribution in [0, 0.1) is 5.92 Å². The molecule has 1 aliphatic rings. The number of aromatic amines is 1. The summed E-state index contributed by atoms with van der Waals surface area (Å²) in [6.07, 6.45) is 2.45. The fourth-order valence-electron chi connectivity index (χ4n) is 2.17. The zero-order chi connectivity index (χ0) is 11.7. The lowest BCUT2D eigenvalue weighted by Crippen LogP contribution is -2.47. The van der Waals surface area contributed by atoms with Gasteiger partial charge in [0.2, 0.25) is 0 Å². The summed E-state index contributed by atoms with van der Waals surface area (Å²) >= 11 is 3.27. The van der Waals surface area contributed by atoms with E-state index in [2.05, 4.69) is 37.7 Å². The lowest BCUT2D eigenvalue weighted by Gasteiger charge is -2.35. The maximum absolute atomic E-state index is 11.4. The van der Waals surface area contributed by atoms with Crippen LogP contribution in [0.5, 0.6) is 0 Å². The fraction of sp³-hybridized carbons (Fsp3) is 0.600. The van der Waals surface area contributed by atoms with Crippen LogP contribution < -0.4 is 16.2 Å². The van der Waals surface area contributed by atoms with Crippen LogP contribution in [0.1, 0.15) is 13.3 Å². The third-order valence-corrected chi connectivity index (χ3v) is 3.48. The summed E-state index contributed by atoms with van der Waals surface area (Å²) < 4.78 is 0.483. The van der Waals surface area contributed by atoms with E-state index in [1.165, 1.54) is 6.33 Å². The number of piperidine rings is 1. The van der Waals surface area contributed by atoms with E-state index < -0.39 is 0 Å². The minimum Gasteiger partial charge on any atom is -0.354 e. The Morgan fingerprint density at radius 1 is 1.62 bits per heavy atom. The molecule has 3 N–H and O–H groups in total. The predicted octanol–water partition coefficient (Wildman–Crippen LogP) is 0.706. The van der Waals surface area contributed by atoms with Crippen molar-refractivity contribution in [3.63, 3.8) is 0 Å². The highest BCUT2D eigenvalue weighted by molar-refractivity contribution is 9.10. The minimum atomic E-state index is -0.156. The van der Waals surface area contributed by atoms with Crippen LogP contribution in [-0.4, -0.2) is 29.1 Å². The van der Waals surface area contributed by atoms with Gasteiger partial charge in [0.05, 0.1) is 6.33 Å². The molecule has 1 aromatic rings. The van der Waals surface area contributed by atoms with Gasteiger partial charge in [-0.1, -0.05) is 6.92 Å². The van der Waals surface area contributed by atoms with Gasteiger partial charge in [-0.05, 0) is 28.3 Å². The Morgan fingerprint density at radius 2 is 2.38 bits per heavy atom. The number of nitrogens with two attached hydrogens (primary N) is 1. The second-order valence-electron chi connectivity index (χ2n) is 4.38. The van der Waals surface area contributed by atoms with Crippen molar-refractivity contribution in [3.05, 3.63) is 21.2 Å². The number of halogens is 1. The van der Waals surface area contributed by atoms with Crippen molar-refractivity contribution in [2.24, 2.45) is 11.7 Å². The van der Waals surface area contributed by atoms with E-state index in [1.807, 2.05) is 0 Å². The minimum absolute atomic E-state index is 0.150. The molecule has 1 fully saturated rings. The number of anilines is 1. The molecule has 0 amide bonds. The SMILES string of the molecule is CC1CC(N)CN(c2nc[nH]c(=O)c2Br)C1. The van der Waals surface area contributed by atoms with Crippen molar-refractivity contribution < 1.29 is 0 Å². The number of H-pyrrole nitrogens is 1. The van der Waals surface area contributed by atoms with E-state index in [0.29, 0.717) is 16.2 Å². The van der Waals surface area contributed by atoms with Crippen LogP contribution in [0.4, 0.5) is 5.82 Å². The molecule has 2 heterocycles. The molecule has 0 aliphatic carbocycles. The van der Waals surface area contributed by atoms with Gasteiger partial charge in [0, 0.05) is 19.1 Å². The summed E-state index contributed by atoms with van der Waals surface area (Å²) in [5, 5.41) is 0. The molecule has 2 atom stereocenters. The van der Waals surface area contributed by atoms with E-state index in [9.17, 15) is 4.79 Å². The van der Waals surface area contributed by atoms with Gasteiger partial charge in [-0.25, -0.2) is 4.98 Å². The Balaban J connectivity index is 2.30. The Labute approximate surface area is 102 Å². The lowest BCUT2D eigenvalue weighted by molar-refractivity contribution is 0.399. The summed E-state index contributed by atoms with van der Waals surface area (Å²) in [7, 11) is 0. The monoisotopic (exact) mass is 286 g/mol. The predicted molar refractivity (Wildman–Crippen MR) is 66.5 cm³/mol. The van der Waals surface area contributed by atoms with Crippen LogP contribution in [0.25, 0.3) is 0 Å². The van der Waals surface area contributed by atoms with Crippen molar-refractivity contribution in [2.75, 3.05) is 18.0 Å². The van der Waals surface area contributed by atoms with Crippen molar-refractivity contribution in [1.82, 2.24) is 9.97 Å². The van der Waals surface area contributed by atoms with E-state index in [0.717, 1.165) is 19.5 Å². The molecule has 6 heteroatoms. The molecule has 1 aliphatic heterocycles. The van der Waals surface area contributed by atoms with Gasteiger partial charge in [-0.15, -0.1) is 0 Å². The smallest absolute Gasteiger partial charge is 0.267 e. The molecule has 0 bridgehead atoms. The van der Waals surface area contributed by atoms with E-state index in [4.69, 9.17) is 5.73 Å². The van der Waals surface area contributed by atoms with Crippen LogP contribution in [0.2, 0.25) is 0 Å². The number of nitrogens with zero attached hydrogens (tertiary/aromatic N) is 2. The van der Waals surface area contributed by atoms with Crippen molar-refractivity contribution in [2.45, 2.75) is 19.4 Å². The maximum atomic E-state index is 11.4. The maximum Gasteiger partial charge on any atom is 0.267 e. The molecular formula is C10H15BrN4O. The summed E-state index contributed by atoms with van der Waals surface area (Å²) in [4.78, 5) is 20.2. The quantitative estimate of drug-likeness (QED) is 0.797. The number of hydrogen-bond acceptors (Lipinski definition) is 4. The molecule has 1 aromatic heterocycles. The normalized spacial score (nSPS) is 25.8. The van der Waals surface area contributed by atoms with E-state index in [-0.39, 0.29) is 11.6 Å². The van der Waals surface area contributed by atoms with Crippen LogP contribution in [0.15, 0.2) is 15.6 Å². The van der Waals surface area contributed by atoms with Gasteiger partial charge in [0.25, 0.3) is 5.56 Å². The first-order chi connectivity index (χ1) is 7.58. The molecule has 0 aromatic carbocycles. The van der Waals surface area contributed by atoms with Gasteiger partial charge in [-0.3, -0.25) is 4.79 Å². The fourth-order valence-corrected chi connectivity index (χ4v) is 2.63. The van der Waals surface area contributed by atoms with Crippen molar-refractivity contribution in [3.8, 4) is 0 Å². The zero-order valence-corrected chi connectivity index (χ0v) is 10.7. The molecule has 2 rings (SSSR count). The van der Waals surface area contributed by atoms with Gasteiger partial charge in [-0.2, -0.15) is 0 Å². The highest BCUT2D eigenvalue weighted by Gasteiger charge is 2.24. The molecular weight excluding hydrogens is 272 g/mol. The second kappa shape index (κ2) is 4.55. The Morgan fingerprint density at radius 3 is 3.06 bits per heavy atom. The van der Waals surface area contributed by atoms with E-state index >= 15 is 0 Å². The Kier molecular flexibility index (Phi) is 3.30. The number of hydrogen-bond donors (Lipinski definition) is 2. The zero-order valence-electron chi connectivity index (χ0n) is 9.11. The Bertz CT molecular complexity index is 423. The average molecular weight is 287 g/mol. The summed E-state index contributed by atoms with van der Waals surface area (Å²) in [6.45, 7) is 3.80. The third-order valence-electron chi connectivity index (χ3n) is 2.77. The first-order valence-electron chi connectivity index (χ1n) is 5.31. The number of rotatable bonds is 1. The van der Waals surface area contributed by atoms with Gasteiger partial charge < -0.3 is 15.6 Å². The standard InChI is InChI=1S/C10H15BrN4O/c1-6-2-7(12)4-15(3-6)9-8(11)10(16)14-5-13-9/h5-7H,2-4,12H2,1H3,(H,13,14,16). The summed E-state index contributed by atoms with van der Waals surface area (Å²) in [5.41, 5.74) is 5.81. The van der Waals surface area contributed by atoms with Crippen LogP contribution >= 0.6 is 15.9 Å². The molecule has 5 nitrogen and oxygen atoms in total.